The molecule has 1 N–H and O–H groups in total. The third-order valence-corrected chi connectivity index (χ3v) is 4.27. The summed E-state index contributed by atoms with van der Waals surface area (Å²) in [5.74, 6) is -0.300. The number of carbonyl (C=O) groups is 1. The predicted molar refractivity (Wildman–Crippen MR) is 101 cm³/mol. The molecule has 0 atom stereocenters. The van der Waals surface area contributed by atoms with Gasteiger partial charge in [0.1, 0.15) is 17.0 Å². The minimum atomic E-state index is -0.967. The van der Waals surface area contributed by atoms with Crippen LogP contribution in [0.5, 0.6) is 5.75 Å². The topological polar surface area (TPSA) is 64.3 Å². The number of carboxylic acids is 1. The third kappa shape index (κ3) is 3.33. The van der Waals surface area contributed by atoms with E-state index in [1.54, 1.807) is 11.8 Å². The maximum absolute atomic E-state index is 12.1. The van der Waals surface area contributed by atoms with Crippen molar-refractivity contribution in [1.82, 2.24) is 9.78 Å². The Balaban J connectivity index is 2.27. The van der Waals surface area contributed by atoms with Crippen LogP contribution in [-0.2, 0) is 6.42 Å². The van der Waals surface area contributed by atoms with Gasteiger partial charge >= 0.3 is 5.97 Å². The van der Waals surface area contributed by atoms with Crippen molar-refractivity contribution in [2.45, 2.75) is 26.7 Å². The van der Waals surface area contributed by atoms with Crippen LogP contribution in [0.4, 0.5) is 0 Å². The van der Waals surface area contributed by atoms with Crippen LogP contribution in [0, 0.1) is 6.92 Å². The fourth-order valence-corrected chi connectivity index (χ4v) is 3.09. The first-order valence-corrected chi connectivity index (χ1v) is 8.61. The van der Waals surface area contributed by atoms with Gasteiger partial charge in [-0.2, -0.15) is 5.10 Å². The van der Waals surface area contributed by atoms with Gasteiger partial charge in [0, 0.05) is 5.56 Å². The minimum Gasteiger partial charge on any atom is -0.497 e. The molecule has 0 radical (unpaired) electrons. The Morgan fingerprint density at radius 3 is 2.62 bits per heavy atom. The number of rotatable bonds is 6. The average Bonchev–Trinajstić information content (AvgIpc) is 3.02. The van der Waals surface area contributed by atoms with Gasteiger partial charge in [-0.3, -0.25) is 0 Å². The highest BCUT2D eigenvalue weighted by atomic mass is 16.5. The zero-order valence-corrected chi connectivity index (χ0v) is 15.2. The maximum atomic E-state index is 12.1. The van der Waals surface area contributed by atoms with E-state index in [-0.39, 0.29) is 5.56 Å². The van der Waals surface area contributed by atoms with Crippen molar-refractivity contribution in [2.24, 2.45) is 0 Å². The van der Waals surface area contributed by atoms with Crippen LogP contribution in [0.25, 0.3) is 16.9 Å². The summed E-state index contributed by atoms with van der Waals surface area (Å²) < 4.78 is 7.04. The summed E-state index contributed by atoms with van der Waals surface area (Å²) in [6.45, 7) is 4.04. The molecule has 1 aromatic heterocycles. The first-order valence-electron chi connectivity index (χ1n) is 8.61. The van der Waals surface area contributed by atoms with Crippen LogP contribution in [0.3, 0.4) is 0 Å². The Kier molecular flexibility index (Phi) is 5.07. The van der Waals surface area contributed by atoms with Crippen molar-refractivity contribution < 1.29 is 14.6 Å². The van der Waals surface area contributed by atoms with Crippen molar-refractivity contribution in [2.75, 3.05) is 7.11 Å². The van der Waals surface area contributed by atoms with Gasteiger partial charge in [-0.15, -0.1) is 0 Å². The molecule has 3 rings (SSSR count). The largest absolute Gasteiger partial charge is 0.497 e. The van der Waals surface area contributed by atoms with E-state index in [1.807, 2.05) is 62.4 Å². The summed E-state index contributed by atoms with van der Waals surface area (Å²) >= 11 is 0. The first-order chi connectivity index (χ1) is 12.5. The lowest BCUT2D eigenvalue weighted by atomic mass is 10.0. The second kappa shape index (κ2) is 7.44. The van der Waals surface area contributed by atoms with Crippen molar-refractivity contribution in [1.29, 1.82) is 0 Å². The highest BCUT2D eigenvalue weighted by molar-refractivity contribution is 5.96. The fraction of sp³-hybridized carbons (Fsp3) is 0.238. The number of aryl methyl sites for hydroxylation is 1. The van der Waals surface area contributed by atoms with E-state index in [1.165, 1.54) is 0 Å². The smallest absolute Gasteiger partial charge is 0.339 e. The summed E-state index contributed by atoms with van der Waals surface area (Å²) in [5.41, 5.74) is 4.11. The summed E-state index contributed by atoms with van der Waals surface area (Å²) in [5, 5.41) is 14.6. The van der Waals surface area contributed by atoms with Gasteiger partial charge in [-0.05, 0) is 43.2 Å². The van der Waals surface area contributed by atoms with Crippen LogP contribution < -0.4 is 4.74 Å². The van der Waals surface area contributed by atoms with E-state index >= 15 is 0 Å². The quantitative estimate of drug-likeness (QED) is 0.710. The number of methoxy groups -OCH3 is 1. The minimum absolute atomic E-state index is 0.251. The Hall–Kier alpha value is -3.08. The molecule has 0 saturated heterocycles. The summed E-state index contributed by atoms with van der Waals surface area (Å²) in [6.07, 6.45) is 1.46. The molecule has 0 fully saturated rings. The van der Waals surface area contributed by atoms with Gasteiger partial charge in [-0.1, -0.05) is 37.6 Å². The molecule has 0 unspecified atom stereocenters. The van der Waals surface area contributed by atoms with Crippen molar-refractivity contribution in [3.05, 3.63) is 65.4 Å². The molecule has 5 heteroatoms. The molecule has 0 aliphatic rings. The molecule has 26 heavy (non-hydrogen) atoms. The first kappa shape index (κ1) is 17.7. The van der Waals surface area contributed by atoms with E-state index in [0.717, 1.165) is 23.2 Å². The molecule has 0 saturated carbocycles. The van der Waals surface area contributed by atoms with Gasteiger partial charge < -0.3 is 9.84 Å². The molecular formula is C21H22N2O3. The van der Waals surface area contributed by atoms with Gasteiger partial charge in [0.15, 0.2) is 0 Å². The fourth-order valence-electron chi connectivity index (χ4n) is 3.09. The number of carboxylic acid groups (broad SMARTS) is 1. The van der Waals surface area contributed by atoms with E-state index < -0.39 is 5.97 Å². The Morgan fingerprint density at radius 2 is 1.96 bits per heavy atom. The van der Waals surface area contributed by atoms with E-state index in [9.17, 15) is 9.90 Å². The van der Waals surface area contributed by atoms with Crippen LogP contribution in [0.1, 0.15) is 35.0 Å². The highest BCUT2D eigenvalue weighted by Gasteiger charge is 2.25. The van der Waals surface area contributed by atoms with Crippen LogP contribution >= 0.6 is 0 Å². The third-order valence-electron chi connectivity index (χ3n) is 4.27. The van der Waals surface area contributed by atoms with Crippen LogP contribution in [0.2, 0.25) is 0 Å². The molecule has 0 spiro atoms. The molecule has 5 nitrogen and oxygen atoms in total. The maximum Gasteiger partial charge on any atom is 0.339 e. The second-order valence-corrected chi connectivity index (χ2v) is 6.21. The normalized spacial score (nSPS) is 10.7. The lowest BCUT2D eigenvalue weighted by Gasteiger charge is -2.08. The number of benzene rings is 2. The van der Waals surface area contributed by atoms with Crippen LogP contribution in [-0.4, -0.2) is 28.0 Å². The van der Waals surface area contributed by atoms with E-state index in [4.69, 9.17) is 4.74 Å². The highest BCUT2D eigenvalue weighted by Crippen LogP contribution is 2.30. The average molecular weight is 350 g/mol. The number of aromatic carboxylic acids is 1. The lowest BCUT2D eigenvalue weighted by molar-refractivity contribution is 0.0696. The summed E-state index contributed by atoms with van der Waals surface area (Å²) in [7, 11) is 1.59. The Bertz CT molecular complexity index is 944. The van der Waals surface area contributed by atoms with Gasteiger partial charge in [-0.25, -0.2) is 9.48 Å². The van der Waals surface area contributed by atoms with Crippen molar-refractivity contribution in [3.63, 3.8) is 0 Å². The molecule has 1 heterocycles. The molecule has 3 aromatic rings. The SMILES string of the molecule is CCCc1c(C(=O)O)c(-c2cccc(OC)c2)nn1-c1cccc(C)c1. The second-order valence-electron chi connectivity index (χ2n) is 6.21. The number of ether oxygens (including phenoxy) is 1. The monoisotopic (exact) mass is 350 g/mol. The molecule has 0 amide bonds. The molecule has 0 aliphatic heterocycles. The van der Waals surface area contributed by atoms with Crippen LogP contribution in [0.15, 0.2) is 48.5 Å². The van der Waals surface area contributed by atoms with Crippen molar-refractivity contribution in [3.8, 4) is 22.7 Å². The zero-order valence-electron chi connectivity index (χ0n) is 15.2. The summed E-state index contributed by atoms with van der Waals surface area (Å²) in [6, 6.07) is 15.2. The molecular weight excluding hydrogens is 328 g/mol. The van der Waals surface area contributed by atoms with Crippen molar-refractivity contribution >= 4 is 5.97 Å². The molecule has 134 valence electrons. The summed E-state index contributed by atoms with van der Waals surface area (Å²) in [4.78, 5) is 12.1. The molecule has 0 aliphatic carbocycles. The van der Waals surface area contributed by atoms with Gasteiger partial charge in [0.25, 0.3) is 0 Å². The van der Waals surface area contributed by atoms with Gasteiger partial charge in [0.2, 0.25) is 0 Å². The number of nitrogens with zero attached hydrogens (tertiary/aromatic N) is 2. The van der Waals surface area contributed by atoms with E-state index in [0.29, 0.717) is 23.6 Å². The molecule has 0 bridgehead atoms. The lowest BCUT2D eigenvalue weighted by Crippen LogP contribution is -2.06. The standard InChI is InChI=1S/C21H22N2O3/c1-4-7-18-19(21(24)25)20(15-9-6-11-17(13-15)26-3)22-23(18)16-10-5-8-14(2)12-16/h5-6,8-13H,4,7H2,1-3H3,(H,24,25). The predicted octanol–water partition coefficient (Wildman–Crippen LogP) is 4.51. The van der Waals surface area contributed by atoms with Gasteiger partial charge in [0.05, 0.1) is 18.5 Å². The molecule has 2 aromatic carbocycles. The number of aromatic nitrogens is 2. The zero-order chi connectivity index (χ0) is 18.7. The number of hydrogen-bond acceptors (Lipinski definition) is 3. The number of hydrogen-bond donors (Lipinski definition) is 1. The Labute approximate surface area is 152 Å². The van der Waals surface area contributed by atoms with E-state index in [2.05, 4.69) is 5.10 Å². The Morgan fingerprint density at radius 1 is 1.19 bits per heavy atom.